The summed E-state index contributed by atoms with van der Waals surface area (Å²) in [5.41, 5.74) is 3.78. The first kappa shape index (κ1) is 18.8. The van der Waals surface area contributed by atoms with Crippen molar-refractivity contribution in [3.05, 3.63) is 59.3 Å². The van der Waals surface area contributed by atoms with Crippen molar-refractivity contribution in [2.24, 2.45) is 0 Å². The molecule has 2 N–H and O–H groups in total. The molecule has 2 aromatic carbocycles. The average Bonchev–Trinajstić information content (AvgIpc) is 3.02. The lowest BCUT2D eigenvalue weighted by atomic mass is 9.82. The smallest absolute Gasteiger partial charge is 0.251 e. The maximum Gasteiger partial charge on any atom is 0.251 e. The number of amides is 1. The molecule has 0 atom stereocenters. The van der Waals surface area contributed by atoms with E-state index in [4.69, 9.17) is 9.47 Å². The Morgan fingerprint density at radius 3 is 2.48 bits per heavy atom. The number of para-hydroxylation sites is 1. The second-order valence-electron chi connectivity index (χ2n) is 7.31. The van der Waals surface area contributed by atoms with Gasteiger partial charge in [-0.25, -0.2) is 0 Å². The highest BCUT2D eigenvalue weighted by atomic mass is 16.5. The Balaban J connectivity index is 1.80. The first-order valence-electron chi connectivity index (χ1n) is 8.95. The van der Waals surface area contributed by atoms with Crippen LogP contribution in [0.25, 0.3) is 10.9 Å². The van der Waals surface area contributed by atoms with Gasteiger partial charge in [0.05, 0.1) is 14.2 Å². The van der Waals surface area contributed by atoms with E-state index in [0.717, 1.165) is 11.2 Å². The normalized spacial score (nSPS) is 11.4. The van der Waals surface area contributed by atoms with Gasteiger partial charge in [-0.2, -0.15) is 0 Å². The van der Waals surface area contributed by atoms with Crippen molar-refractivity contribution >= 4 is 16.8 Å². The molecule has 1 heterocycles. The molecule has 0 radical (unpaired) electrons. The Bertz CT molecular complexity index is 973. The van der Waals surface area contributed by atoms with E-state index >= 15 is 0 Å². The number of hydrogen-bond acceptors (Lipinski definition) is 3. The summed E-state index contributed by atoms with van der Waals surface area (Å²) in [5.74, 6) is 1.00. The minimum absolute atomic E-state index is 0.137. The van der Waals surface area contributed by atoms with Crippen LogP contribution in [0, 0.1) is 6.92 Å². The molecule has 0 saturated heterocycles. The van der Waals surface area contributed by atoms with E-state index in [0.29, 0.717) is 23.6 Å². The number of ether oxygens (including phenoxy) is 2. The zero-order valence-corrected chi connectivity index (χ0v) is 16.5. The minimum atomic E-state index is -0.226. The number of rotatable bonds is 6. The quantitative estimate of drug-likeness (QED) is 0.687. The van der Waals surface area contributed by atoms with Crippen LogP contribution in [0.5, 0.6) is 11.5 Å². The van der Waals surface area contributed by atoms with E-state index in [1.54, 1.807) is 32.4 Å². The van der Waals surface area contributed by atoms with Gasteiger partial charge in [0.25, 0.3) is 5.91 Å². The molecular formula is C22H26N2O3. The van der Waals surface area contributed by atoms with Crippen LogP contribution in [0.3, 0.4) is 0 Å². The lowest BCUT2D eigenvalue weighted by Gasteiger charge is -2.26. The molecule has 1 amide bonds. The molecular weight excluding hydrogens is 340 g/mol. The van der Waals surface area contributed by atoms with Crippen LogP contribution in [0.2, 0.25) is 0 Å². The highest BCUT2D eigenvalue weighted by Gasteiger charge is 2.27. The number of aromatic nitrogens is 1. The van der Waals surface area contributed by atoms with Gasteiger partial charge in [0.15, 0.2) is 11.5 Å². The fraction of sp³-hybridized carbons (Fsp3) is 0.318. The fourth-order valence-electron chi connectivity index (χ4n) is 3.62. The number of benzene rings is 2. The largest absolute Gasteiger partial charge is 0.493 e. The Morgan fingerprint density at radius 1 is 1.07 bits per heavy atom. The SMILES string of the molecule is COc1ccc(C(=O)NCC(C)(C)c2c(C)[nH]c3ccccc23)cc1OC. The molecule has 3 rings (SSSR count). The van der Waals surface area contributed by atoms with Gasteiger partial charge in [-0.1, -0.05) is 32.0 Å². The maximum atomic E-state index is 12.7. The highest BCUT2D eigenvalue weighted by molar-refractivity contribution is 5.95. The van der Waals surface area contributed by atoms with Gasteiger partial charge in [0, 0.05) is 34.1 Å². The number of nitrogens with one attached hydrogen (secondary N) is 2. The summed E-state index contributed by atoms with van der Waals surface area (Å²) in [6, 6.07) is 13.4. The van der Waals surface area contributed by atoms with Crippen molar-refractivity contribution in [3.8, 4) is 11.5 Å². The third kappa shape index (κ3) is 3.63. The number of carbonyl (C=O) groups excluding carboxylic acids is 1. The van der Waals surface area contributed by atoms with Crippen LogP contribution in [0.15, 0.2) is 42.5 Å². The molecule has 0 saturated carbocycles. The van der Waals surface area contributed by atoms with Crippen molar-refractivity contribution in [2.75, 3.05) is 20.8 Å². The highest BCUT2D eigenvalue weighted by Crippen LogP contribution is 2.33. The number of H-pyrrole nitrogens is 1. The zero-order chi connectivity index (χ0) is 19.6. The predicted octanol–water partition coefficient (Wildman–Crippen LogP) is 4.20. The molecule has 5 nitrogen and oxygen atoms in total. The maximum absolute atomic E-state index is 12.7. The number of carbonyl (C=O) groups is 1. The topological polar surface area (TPSA) is 63.3 Å². The number of aryl methyl sites for hydroxylation is 1. The zero-order valence-electron chi connectivity index (χ0n) is 16.5. The first-order chi connectivity index (χ1) is 12.9. The molecule has 0 bridgehead atoms. The molecule has 0 aliphatic carbocycles. The van der Waals surface area contributed by atoms with Crippen LogP contribution in [0.1, 0.15) is 35.5 Å². The fourth-order valence-corrected chi connectivity index (χ4v) is 3.62. The second kappa shape index (κ2) is 7.35. The first-order valence-corrected chi connectivity index (χ1v) is 8.95. The van der Waals surface area contributed by atoms with E-state index in [1.165, 1.54) is 10.9 Å². The Labute approximate surface area is 159 Å². The van der Waals surface area contributed by atoms with Crippen LogP contribution < -0.4 is 14.8 Å². The van der Waals surface area contributed by atoms with Gasteiger partial charge in [0.1, 0.15) is 0 Å². The Hall–Kier alpha value is -2.95. The average molecular weight is 366 g/mol. The summed E-state index contributed by atoms with van der Waals surface area (Å²) in [5, 5.41) is 4.25. The molecule has 3 aromatic rings. The molecule has 0 aliphatic heterocycles. The number of aromatic amines is 1. The number of methoxy groups -OCH3 is 2. The second-order valence-corrected chi connectivity index (χ2v) is 7.31. The van der Waals surface area contributed by atoms with Crippen LogP contribution >= 0.6 is 0 Å². The third-order valence-electron chi connectivity index (χ3n) is 4.91. The number of hydrogen-bond donors (Lipinski definition) is 2. The predicted molar refractivity (Wildman–Crippen MR) is 108 cm³/mol. The van der Waals surface area contributed by atoms with Crippen molar-refractivity contribution in [1.82, 2.24) is 10.3 Å². The third-order valence-corrected chi connectivity index (χ3v) is 4.91. The molecule has 1 aromatic heterocycles. The molecule has 5 heteroatoms. The van der Waals surface area contributed by atoms with E-state index in [2.05, 4.69) is 43.2 Å². The minimum Gasteiger partial charge on any atom is -0.493 e. The van der Waals surface area contributed by atoms with Crippen molar-refractivity contribution < 1.29 is 14.3 Å². The lowest BCUT2D eigenvalue weighted by molar-refractivity contribution is 0.0945. The molecule has 0 unspecified atom stereocenters. The molecule has 142 valence electrons. The summed E-state index contributed by atoms with van der Waals surface area (Å²) in [6.45, 7) is 6.88. The standard InChI is InChI=1S/C22H26N2O3/c1-14-20(16-8-6-7-9-17(16)24-14)22(2,3)13-23-21(25)15-10-11-18(26-4)19(12-15)27-5/h6-12,24H,13H2,1-5H3,(H,23,25). The summed E-state index contributed by atoms with van der Waals surface area (Å²) in [7, 11) is 3.13. The van der Waals surface area contributed by atoms with Gasteiger partial charge >= 0.3 is 0 Å². The van der Waals surface area contributed by atoms with Crippen molar-refractivity contribution in [2.45, 2.75) is 26.2 Å². The summed E-state index contributed by atoms with van der Waals surface area (Å²) >= 11 is 0. The van der Waals surface area contributed by atoms with Crippen molar-refractivity contribution in [1.29, 1.82) is 0 Å². The van der Waals surface area contributed by atoms with Crippen LogP contribution in [0.4, 0.5) is 0 Å². The summed E-state index contributed by atoms with van der Waals surface area (Å²) in [4.78, 5) is 16.1. The van der Waals surface area contributed by atoms with Gasteiger partial charge in [-0.15, -0.1) is 0 Å². The molecule has 27 heavy (non-hydrogen) atoms. The van der Waals surface area contributed by atoms with Crippen molar-refractivity contribution in [3.63, 3.8) is 0 Å². The molecule has 0 spiro atoms. The lowest BCUT2D eigenvalue weighted by Crippen LogP contribution is -2.37. The van der Waals surface area contributed by atoms with Gasteiger partial charge in [-0.3, -0.25) is 4.79 Å². The van der Waals surface area contributed by atoms with Crippen LogP contribution in [-0.2, 0) is 5.41 Å². The van der Waals surface area contributed by atoms with E-state index in [-0.39, 0.29) is 11.3 Å². The Morgan fingerprint density at radius 2 is 1.78 bits per heavy atom. The monoisotopic (exact) mass is 366 g/mol. The summed E-state index contributed by atoms with van der Waals surface area (Å²) < 4.78 is 10.5. The van der Waals surface area contributed by atoms with E-state index < -0.39 is 0 Å². The number of fused-ring (bicyclic) bond motifs is 1. The Kier molecular flexibility index (Phi) is 5.13. The molecule has 0 fully saturated rings. The van der Waals surface area contributed by atoms with Gasteiger partial charge in [0.2, 0.25) is 0 Å². The summed E-state index contributed by atoms with van der Waals surface area (Å²) in [6.07, 6.45) is 0. The van der Waals surface area contributed by atoms with Crippen LogP contribution in [-0.4, -0.2) is 31.7 Å². The van der Waals surface area contributed by atoms with Gasteiger partial charge in [-0.05, 0) is 36.8 Å². The van der Waals surface area contributed by atoms with Gasteiger partial charge < -0.3 is 19.8 Å². The molecule has 0 aliphatic rings. The van der Waals surface area contributed by atoms with E-state index in [1.807, 2.05) is 12.1 Å². The van der Waals surface area contributed by atoms with E-state index in [9.17, 15) is 4.79 Å².